The van der Waals surface area contributed by atoms with E-state index in [0.29, 0.717) is 6.04 Å². The molecule has 0 saturated carbocycles. The van der Waals surface area contributed by atoms with Crippen molar-refractivity contribution in [2.24, 2.45) is 0 Å². The number of hydrogen-bond donors (Lipinski definition) is 1. The van der Waals surface area contributed by atoms with Gasteiger partial charge in [0.05, 0.1) is 7.11 Å². The first-order valence-electron chi connectivity index (χ1n) is 5.64. The van der Waals surface area contributed by atoms with Gasteiger partial charge in [-0.05, 0) is 51.8 Å². The standard InChI is InChI=1S/C13H22N2O/c1-14-10-9-13(15(2)3)11-5-7-12(16-4)8-6-11/h5-8,13-14H,9-10H2,1-4H3. The van der Waals surface area contributed by atoms with Gasteiger partial charge < -0.3 is 15.0 Å². The lowest BCUT2D eigenvalue weighted by molar-refractivity contribution is 0.282. The van der Waals surface area contributed by atoms with Crippen molar-refractivity contribution in [1.29, 1.82) is 0 Å². The number of ether oxygens (including phenoxy) is 1. The smallest absolute Gasteiger partial charge is 0.118 e. The van der Waals surface area contributed by atoms with E-state index in [4.69, 9.17) is 4.74 Å². The molecule has 0 aromatic heterocycles. The van der Waals surface area contributed by atoms with Gasteiger partial charge in [-0.2, -0.15) is 0 Å². The van der Waals surface area contributed by atoms with Crippen molar-refractivity contribution >= 4 is 0 Å². The number of benzene rings is 1. The van der Waals surface area contributed by atoms with Crippen LogP contribution in [0, 0.1) is 0 Å². The van der Waals surface area contributed by atoms with Gasteiger partial charge in [0.2, 0.25) is 0 Å². The van der Waals surface area contributed by atoms with E-state index in [1.807, 2.05) is 19.2 Å². The van der Waals surface area contributed by atoms with Crippen molar-refractivity contribution in [1.82, 2.24) is 10.2 Å². The maximum atomic E-state index is 5.16. The van der Waals surface area contributed by atoms with Crippen molar-refractivity contribution in [2.75, 3.05) is 34.8 Å². The predicted molar refractivity (Wildman–Crippen MR) is 68.0 cm³/mol. The molecule has 1 aromatic carbocycles. The summed E-state index contributed by atoms with van der Waals surface area (Å²) in [5.74, 6) is 0.912. The van der Waals surface area contributed by atoms with Gasteiger partial charge in [-0.15, -0.1) is 0 Å². The van der Waals surface area contributed by atoms with Gasteiger partial charge in [0.1, 0.15) is 5.75 Å². The van der Waals surface area contributed by atoms with E-state index in [1.165, 1.54) is 5.56 Å². The van der Waals surface area contributed by atoms with Crippen LogP contribution in [-0.2, 0) is 0 Å². The minimum absolute atomic E-state index is 0.457. The molecule has 90 valence electrons. The topological polar surface area (TPSA) is 24.5 Å². The lowest BCUT2D eigenvalue weighted by Crippen LogP contribution is -2.23. The van der Waals surface area contributed by atoms with Crippen molar-refractivity contribution in [3.8, 4) is 5.75 Å². The summed E-state index contributed by atoms with van der Waals surface area (Å²) in [5, 5.41) is 3.19. The molecular weight excluding hydrogens is 200 g/mol. The van der Waals surface area contributed by atoms with Gasteiger partial charge in [0.25, 0.3) is 0 Å². The lowest BCUT2D eigenvalue weighted by Gasteiger charge is -2.24. The maximum absolute atomic E-state index is 5.16. The SMILES string of the molecule is CNCCC(c1ccc(OC)cc1)N(C)C. The Hall–Kier alpha value is -1.06. The molecule has 1 rings (SSSR count). The third-order valence-corrected chi connectivity index (χ3v) is 2.79. The van der Waals surface area contributed by atoms with Gasteiger partial charge in [-0.3, -0.25) is 0 Å². The molecule has 0 aliphatic rings. The summed E-state index contributed by atoms with van der Waals surface area (Å²) < 4.78 is 5.16. The Labute approximate surface area is 98.4 Å². The first kappa shape index (κ1) is 13.0. The number of nitrogens with zero attached hydrogens (tertiary/aromatic N) is 1. The van der Waals surface area contributed by atoms with Gasteiger partial charge in [0.15, 0.2) is 0 Å². The molecular formula is C13H22N2O. The summed E-state index contributed by atoms with van der Waals surface area (Å²) in [6.07, 6.45) is 1.11. The second kappa shape index (κ2) is 6.51. The fraction of sp³-hybridized carbons (Fsp3) is 0.538. The van der Waals surface area contributed by atoms with Gasteiger partial charge >= 0.3 is 0 Å². The molecule has 1 atom stereocenters. The molecule has 0 aliphatic carbocycles. The Kier molecular flexibility index (Phi) is 5.29. The molecule has 0 saturated heterocycles. The van der Waals surface area contributed by atoms with E-state index in [0.717, 1.165) is 18.7 Å². The average molecular weight is 222 g/mol. The summed E-state index contributed by atoms with van der Waals surface area (Å²) >= 11 is 0. The second-order valence-electron chi connectivity index (χ2n) is 4.14. The minimum atomic E-state index is 0.457. The fourth-order valence-electron chi connectivity index (χ4n) is 1.83. The van der Waals surface area contributed by atoms with E-state index in [2.05, 4.69) is 36.4 Å². The van der Waals surface area contributed by atoms with E-state index in [9.17, 15) is 0 Å². The predicted octanol–water partition coefficient (Wildman–Crippen LogP) is 1.91. The monoisotopic (exact) mass is 222 g/mol. The molecule has 3 heteroatoms. The summed E-state index contributed by atoms with van der Waals surface area (Å²) in [5.41, 5.74) is 1.33. The van der Waals surface area contributed by atoms with Crippen molar-refractivity contribution in [3.05, 3.63) is 29.8 Å². The van der Waals surface area contributed by atoms with Crippen LogP contribution in [0.15, 0.2) is 24.3 Å². The van der Waals surface area contributed by atoms with Crippen molar-refractivity contribution in [2.45, 2.75) is 12.5 Å². The van der Waals surface area contributed by atoms with E-state index >= 15 is 0 Å². The van der Waals surface area contributed by atoms with E-state index in [1.54, 1.807) is 7.11 Å². The first-order chi connectivity index (χ1) is 7.69. The molecule has 16 heavy (non-hydrogen) atoms. The van der Waals surface area contributed by atoms with Crippen LogP contribution in [0.4, 0.5) is 0 Å². The minimum Gasteiger partial charge on any atom is -0.497 e. The third-order valence-electron chi connectivity index (χ3n) is 2.79. The van der Waals surface area contributed by atoms with Crippen LogP contribution in [0.3, 0.4) is 0 Å². The second-order valence-corrected chi connectivity index (χ2v) is 4.14. The average Bonchev–Trinajstić information content (AvgIpc) is 2.30. The van der Waals surface area contributed by atoms with Crippen molar-refractivity contribution in [3.63, 3.8) is 0 Å². The normalized spacial score (nSPS) is 12.8. The summed E-state index contributed by atoms with van der Waals surface area (Å²) in [6, 6.07) is 8.77. The van der Waals surface area contributed by atoms with E-state index in [-0.39, 0.29) is 0 Å². The molecule has 0 heterocycles. The highest BCUT2D eigenvalue weighted by Crippen LogP contribution is 2.23. The summed E-state index contributed by atoms with van der Waals surface area (Å²) in [6.45, 7) is 1.02. The molecule has 1 N–H and O–H groups in total. The van der Waals surface area contributed by atoms with Crippen LogP contribution >= 0.6 is 0 Å². The highest BCUT2D eigenvalue weighted by molar-refractivity contribution is 5.29. The Morgan fingerprint density at radius 1 is 1.25 bits per heavy atom. The molecule has 0 spiro atoms. The molecule has 0 radical (unpaired) electrons. The largest absolute Gasteiger partial charge is 0.497 e. The summed E-state index contributed by atoms with van der Waals surface area (Å²) in [4.78, 5) is 2.25. The number of nitrogens with one attached hydrogen (secondary N) is 1. The zero-order valence-corrected chi connectivity index (χ0v) is 10.7. The Morgan fingerprint density at radius 3 is 2.31 bits per heavy atom. The number of hydrogen-bond acceptors (Lipinski definition) is 3. The molecule has 0 amide bonds. The van der Waals surface area contributed by atoms with Crippen LogP contribution in [0.1, 0.15) is 18.0 Å². The Balaban J connectivity index is 2.75. The molecule has 1 aromatic rings. The van der Waals surface area contributed by atoms with Gasteiger partial charge in [-0.1, -0.05) is 12.1 Å². The van der Waals surface area contributed by atoms with Crippen LogP contribution in [0.25, 0.3) is 0 Å². The van der Waals surface area contributed by atoms with Crippen LogP contribution in [0.2, 0.25) is 0 Å². The van der Waals surface area contributed by atoms with Crippen LogP contribution < -0.4 is 10.1 Å². The molecule has 0 bridgehead atoms. The zero-order chi connectivity index (χ0) is 12.0. The summed E-state index contributed by atoms with van der Waals surface area (Å²) in [7, 11) is 7.91. The molecule has 3 nitrogen and oxygen atoms in total. The van der Waals surface area contributed by atoms with Gasteiger partial charge in [0, 0.05) is 6.04 Å². The van der Waals surface area contributed by atoms with E-state index < -0.39 is 0 Å². The lowest BCUT2D eigenvalue weighted by atomic mass is 10.0. The van der Waals surface area contributed by atoms with Crippen molar-refractivity contribution < 1.29 is 4.74 Å². The Bertz CT molecular complexity index is 295. The van der Waals surface area contributed by atoms with Crippen LogP contribution in [-0.4, -0.2) is 39.7 Å². The van der Waals surface area contributed by atoms with Gasteiger partial charge in [-0.25, -0.2) is 0 Å². The maximum Gasteiger partial charge on any atom is 0.118 e. The molecule has 0 fully saturated rings. The number of methoxy groups -OCH3 is 1. The highest BCUT2D eigenvalue weighted by Gasteiger charge is 2.13. The third kappa shape index (κ3) is 3.51. The quantitative estimate of drug-likeness (QED) is 0.795. The Morgan fingerprint density at radius 2 is 1.88 bits per heavy atom. The molecule has 0 aliphatic heterocycles. The molecule has 1 unspecified atom stereocenters. The fourth-order valence-corrected chi connectivity index (χ4v) is 1.83. The van der Waals surface area contributed by atoms with Crippen LogP contribution in [0.5, 0.6) is 5.75 Å². The first-order valence-corrected chi connectivity index (χ1v) is 5.64. The zero-order valence-electron chi connectivity index (χ0n) is 10.7. The highest BCUT2D eigenvalue weighted by atomic mass is 16.5. The number of rotatable bonds is 6.